The predicted molar refractivity (Wildman–Crippen MR) is 63.9 cm³/mol. The molecule has 1 saturated heterocycles. The highest BCUT2D eigenvalue weighted by Crippen LogP contribution is 2.17. The summed E-state index contributed by atoms with van der Waals surface area (Å²) in [7, 11) is 0. The number of alkyl halides is 1. The monoisotopic (exact) mass is 246 g/mol. The van der Waals surface area contributed by atoms with Gasteiger partial charge in [-0.25, -0.2) is 0 Å². The average Bonchev–Trinajstić information content (AvgIpc) is 2.67. The lowest BCUT2D eigenvalue weighted by molar-refractivity contribution is 0.311. The first-order valence-corrected chi connectivity index (χ1v) is 6.61. The van der Waals surface area contributed by atoms with E-state index >= 15 is 0 Å². The Bertz CT molecular complexity index is 280. The second-order valence-electron chi connectivity index (χ2n) is 3.59. The molecule has 0 radical (unpaired) electrons. The molecule has 0 aromatic carbocycles. The molecular weight excluding hydrogens is 232 g/mol. The average molecular weight is 247 g/mol. The van der Waals surface area contributed by atoms with Crippen molar-refractivity contribution in [2.45, 2.75) is 6.42 Å². The van der Waals surface area contributed by atoms with Crippen molar-refractivity contribution in [1.82, 2.24) is 15.1 Å². The van der Waals surface area contributed by atoms with Crippen LogP contribution in [-0.2, 0) is 0 Å². The summed E-state index contributed by atoms with van der Waals surface area (Å²) < 4.78 is 0. The van der Waals surface area contributed by atoms with E-state index < -0.39 is 0 Å². The molecule has 1 aromatic rings. The minimum Gasteiger partial charge on any atom is -0.345 e. The third kappa shape index (κ3) is 3.03. The second-order valence-corrected chi connectivity index (χ2v) is 4.78. The van der Waals surface area contributed by atoms with E-state index in [0.29, 0.717) is 0 Å². The first kappa shape index (κ1) is 11.1. The molecule has 84 valence electrons. The largest absolute Gasteiger partial charge is 0.345 e. The molecule has 6 heteroatoms. The molecule has 2 heterocycles. The number of hydrogen-bond acceptors (Lipinski definition) is 5. The third-order valence-corrected chi connectivity index (χ3v) is 3.53. The SMILES string of the molecule is ClCCN1CCCN(c2nncs2)CC1. The highest BCUT2D eigenvalue weighted by molar-refractivity contribution is 7.13. The summed E-state index contributed by atoms with van der Waals surface area (Å²) in [5, 5.41) is 9.02. The van der Waals surface area contributed by atoms with Crippen LogP contribution in [0.1, 0.15) is 6.42 Å². The quantitative estimate of drug-likeness (QED) is 0.753. The molecule has 1 aliphatic rings. The molecular formula is C9H15ClN4S. The summed E-state index contributed by atoms with van der Waals surface area (Å²) in [6, 6.07) is 0. The molecule has 0 amide bonds. The van der Waals surface area contributed by atoms with Crippen LogP contribution in [0.2, 0.25) is 0 Å². The van der Waals surface area contributed by atoms with Crippen molar-refractivity contribution in [1.29, 1.82) is 0 Å². The van der Waals surface area contributed by atoms with E-state index in [2.05, 4.69) is 20.0 Å². The molecule has 0 unspecified atom stereocenters. The van der Waals surface area contributed by atoms with Gasteiger partial charge in [0.05, 0.1) is 0 Å². The van der Waals surface area contributed by atoms with Crippen molar-refractivity contribution in [3.63, 3.8) is 0 Å². The predicted octanol–water partition coefficient (Wildman–Crippen LogP) is 1.29. The van der Waals surface area contributed by atoms with Crippen LogP contribution >= 0.6 is 22.9 Å². The van der Waals surface area contributed by atoms with Crippen molar-refractivity contribution in [3.8, 4) is 0 Å². The molecule has 1 aliphatic heterocycles. The normalized spacial score (nSPS) is 19.1. The van der Waals surface area contributed by atoms with E-state index in [-0.39, 0.29) is 0 Å². The van der Waals surface area contributed by atoms with Crippen LogP contribution in [0.25, 0.3) is 0 Å². The summed E-state index contributed by atoms with van der Waals surface area (Å²) >= 11 is 7.36. The van der Waals surface area contributed by atoms with Crippen LogP contribution < -0.4 is 4.90 Å². The molecule has 0 aliphatic carbocycles. The van der Waals surface area contributed by atoms with Crippen molar-refractivity contribution in [2.75, 3.05) is 43.5 Å². The minimum atomic E-state index is 0.721. The molecule has 15 heavy (non-hydrogen) atoms. The van der Waals surface area contributed by atoms with E-state index in [1.807, 2.05) is 0 Å². The van der Waals surface area contributed by atoms with Crippen LogP contribution in [0, 0.1) is 0 Å². The second kappa shape index (κ2) is 5.63. The van der Waals surface area contributed by atoms with E-state index in [9.17, 15) is 0 Å². The van der Waals surface area contributed by atoms with Gasteiger partial charge in [-0.1, -0.05) is 11.3 Å². The molecule has 0 N–H and O–H groups in total. The van der Waals surface area contributed by atoms with Gasteiger partial charge in [-0.05, 0) is 13.0 Å². The summed E-state index contributed by atoms with van der Waals surface area (Å²) in [5.74, 6) is 0.721. The standard InChI is InChI=1S/C9H15ClN4S/c10-2-5-13-3-1-4-14(7-6-13)9-12-11-8-15-9/h8H,1-7H2. The number of aromatic nitrogens is 2. The van der Waals surface area contributed by atoms with Gasteiger partial charge in [-0.15, -0.1) is 21.8 Å². The Labute approximate surface area is 98.9 Å². The molecule has 1 fully saturated rings. The zero-order valence-electron chi connectivity index (χ0n) is 8.60. The molecule has 0 saturated carbocycles. The van der Waals surface area contributed by atoms with Crippen LogP contribution in [0.5, 0.6) is 0 Å². The van der Waals surface area contributed by atoms with E-state index in [1.54, 1.807) is 16.8 Å². The molecule has 0 spiro atoms. The number of hydrogen-bond donors (Lipinski definition) is 0. The maximum absolute atomic E-state index is 5.75. The van der Waals surface area contributed by atoms with Crippen molar-refractivity contribution in [2.24, 2.45) is 0 Å². The molecule has 0 bridgehead atoms. The van der Waals surface area contributed by atoms with Gasteiger partial charge in [0, 0.05) is 32.1 Å². The van der Waals surface area contributed by atoms with Crippen LogP contribution in [0.15, 0.2) is 5.51 Å². The number of rotatable bonds is 3. The van der Waals surface area contributed by atoms with Gasteiger partial charge < -0.3 is 9.80 Å². The Morgan fingerprint density at radius 3 is 3.00 bits per heavy atom. The Balaban J connectivity index is 1.90. The summed E-state index contributed by atoms with van der Waals surface area (Å²) in [4.78, 5) is 4.72. The fourth-order valence-corrected chi connectivity index (χ4v) is 2.66. The lowest BCUT2D eigenvalue weighted by Crippen LogP contribution is -2.31. The molecule has 4 nitrogen and oxygen atoms in total. The fraction of sp³-hybridized carbons (Fsp3) is 0.778. The summed E-state index contributed by atoms with van der Waals surface area (Å²) in [5.41, 5.74) is 1.79. The van der Waals surface area contributed by atoms with E-state index in [1.165, 1.54) is 6.42 Å². The van der Waals surface area contributed by atoms with Crippen LogP contribution in [0.3, 0.4) is 0 Å². The first-order valence-electron chi connectivity index (χ1n) is 5.19. The van der Waals surface area contributed by atoms with Crippen molar-refractivity contribution in [3.05, 3.63) is 5.51 Å². The van der Waals surface area contributed by atoms with Gasteiger partial charge in [-0.2, -0.15) is 0 Å². The van der Waals surface area contributed by atoms with E-state index in [4.69, 9.17) is 11.6 Å². The fourth-order valence-electron chi connectivity index (χ4n) is 1.81. The van der Waals surface area contributed by atoms with Gasteiger partial charge in [0.1, 0.15) is 5.51 Å². The van der Waals surface area contributed by atoms with E-state index in [0.717, 1.165) is 43.7 Å². The zero-order valence-corrected chi connectivity index (χ0v) is 10.2. The maximum Gasteiger partial charge on any atom is 0.208 e. The lowest BCUT2D eigenvalue weighted by atomic mass is 10.4. The Morgan fingerprint density at radius 1 is 1.33 bits per heavy atom. The Hall–Kier alpha value is -0.390. The minimum absolute atomic E-state index is 0.721. The summed E-state index contributed by atoms with van der Waals surface area (Å²) in [6.07, 6.45) is 1.18. The zero-order chi connectivity index (χ0) is 10.5. The number of anilines is 1. The van der Waals surface area contributed by atoms with Gasteiger partial charge in [-0.3, -0.25) is 0 Å². The Morgan fingerprint density at radius 2 is 2.27 bits per heavy atom. The third-order valence-electron chi connectivity index (χ3n) is 2.61. The smallest absolute Gasteiger partial charge is 0.208 e. The highest BCUT2D eigenvalue weighted by Gasteiger charge is 2.16. The number of nitrogens with zero attached hydrogens (tertiary/aromatic N) is 4. The molecule has 1 aromatic heterocycles. The van der Waals surface area contributed by atoms with Crippen LogP contribution in [0.4, 0.5) is 5.13 Å². The highest BCUT2D eigenvalue weighted by atomic mass is 35.5. The summed E-state index contributed by atoms with van der Waals surface area (Å²) in [6.45, 7) is 5.32. The van der Waals surface area contributed by atoms with Crippen molar-refractivity contribution >= 4 is 28.1 Å². The first-order chi connectivity index (χ1) is 7.40. The van der Waals surface area contributed by atoms with Gasteiger partial charge >= 0.3 is 0 Å². The van der Waals surface area contributed by atoms with Crippen molar-refractivity contribution < 1.29 is 0 Å². The van der Waals surface area contributed by atoms with Gasteiger partial charge in [0.15, 0.2) is 0 Å². The molecule has 2 rings (SSSR count). The number of halogens is 1. The maximum atomic E-state index is 5.75. The van der Waals surface area contributed by atoms with Crippen LogP contribution in [-0.4, -0.2) is 53.7 Å². The van der Waals surface area contributed by atoms with Gasteiger partial charge in [0.2, 0.25) is 5.13 Å². The lowest BCUT2D eigenvalue weighted by Gasteiger charge is -2.20. The van der Waals surface area contributed by atoms with Gasteiger partial charge in [0.25, 0.3) is 0 Å². The topological polar surface area (TPSA) is 32.3 Å². The Kier molecular flexibility index (Phi) is 4.17. The molecule has 0 atom stereocenters.